The van der Waals surface area contributed by atoms with Crippen LogP contribution < -0.4 is 61.6 Å². The molecule has 0 spiro atoms. The number of fused-ring (bicyclic) bond motifs is 1. The molecular weight excluding hydrogens is 319 g/mol. The van der Waals surface area contributed by atoms with E-state index in [1.807, 2.05) is 13.8 Å². The van der Waals surface area contributed by atoms with Gasteiger partial charge in [-0.15, -0.1) is 0 Å². The van der Waals surface area contributed by atoms with Gasteiger partial charge in [-0.2, -0.15) is 0 Å². The standard InChI is InChI=1S/C15H17BF3O2.K/c1-11(2)20-9-10-21-14-8-7-12-5-3-4-6-13(12)15(14)16(17,18)19;/h3-8,11H,9-10H2,1-2H3;/q-1;+1. The first-order chi connectivity index (χ1) is 9.89. The van der Waals surface area contributed by atoms with Gasteiger partial charge in [-0.05, 0) is 30.7 Å². The maximum absolute atomic E-state index is 13.4. The molecule has 2 aromatic rings. The zero-order valence-electron chi connectivity index (χ0n) is 13.0. The van der Waals surface area contributed by atoms with E-state index in [4.69, 9.17) is 9.47 Å². The van der Waals surface area contributed by atoms with Gasteiger partial charge in [0.2, 0.25) is 0 Å². The molecule has 0 aliphatic heterocycles. The SMILES string of the molecule is CC(C)OCCOc1ccc2ccccc2c1[B-](F)(F)F.[K+]. The zero-order valence-corrected chi connectivity index (χ0v) is 16.1. The van der Waals surface area contributed by atoms with Crippen molar-refractivity contribution in [3.05, 3.63) is 36.4 Å². The monoisotopic (exact) mass is 336 g/mol. The van der Waals surface area contributed by atoms with Crippen LogP contribution in [-0.4, -0.2) is 26.3 Å². The van der Waals surface area contributed by atoms with E-state index in [2.05, 4.69) is 0 Å². The van der Waals surface area contributed by atoms with Crippen molar-refractivity contribution in [2.75, 3.05) is 13.2 Å². The molecule has 0 fully saturated rings. The second-order valence-corrected chi connectivity index (χ2v) is 5.04. The van der Waals surface area contributed by atoms with Gasteiger partial charge in [0, 0.05) is 0 Å². The molecular formula is C15H17BF3KO2. The second-order valence-electron chi connectivity index (χ2n) is 5.04. The van der Waals surface area contributed by atoms with Crippen molar-refractivity contribution in [3.63, 3.8) is 0 Å². The van der Waals surface area contributed by atoms with Crippen LogP contribution in [0.3, 0.4) is 0 Å². The van der Waals surface area contributed by atoms with Crippen LogP contribution in [0.5, 0.6) is 5.75 Å². The Balaban J connectivity index is 0.00000242. The third-order valence-electron chi connectivity index (χ3n) is 3.05. The van der Waals surface area contributed by atoms with Crippen LogP contribution in [0.4, 0.5) is 12.9 Å². The van der Waals surface area contributed by atoms with E-state index < -0.39 is 12.4 Å². The van der Waals surface area contributed by atoms with Crippen molar-refractivity contribution in [2.24, 2.45) is 0 Å². The van der Waals surface area contributed by atoms with Gasteiger partial charge in [-0.1, -0.05) is 35.8 Å². The average Bonchev–Trinajstić information content (AvgIpc) is 2.41. The Hall–Kier alpha value is -0.0487. The largest absolute Gasteiger partial charge is 1.00 e. The molecule has 0 radical (unpaired) electrons. The van der Waals surface area contributed by atoms with Crippen LogP contribution in [0.15, 0.2) is 36.4 Å². The van der Waals surface area contributed by atoms with E-state index >= 15 is 0 Å². The predicted molar refractivity (Wildman–Crippen MR) is 79.2 cm³/mol. The summed E-state index contributed by atoms with van der Waals surface area (Å²) < 4.78 is 50.7. The quantitative estimate of drug-likeness (QED) is 0.571. The second kappa shape index (κ2) is 8.71. The summed E-state index contributed by atoms with van der Waals surface area (Å²) in [5.74, 6) is -0.131. The van der Waals surface area contributed by atoms with Crippen molar-refractivity contribution in [3.8, 4) is 5.75 Å². The molecule has 0 aromatic heterocycles. The molecule has 0 atom stereocenters. The van der Waals surface area contributed by atoms with Crippen LogP contribution in [0.25, 0.3) is 10.8 Å². The molecule has 0 amide bonds. The fourth-order valence-corrected chi connectivity index (χ4v) is 2.17. The Morgan fingerprint density at radius 3 is 2.32 bits per heavy atom. The van der Waals surface area contributed by atoms with E-state index in [1.54, 1.807) is 24.3 Å². The van der Waals surface area contributed by atoms with Crippen molar-refractivity contribution >= 4 is 23.2 Å². The van der Waals surface area contributed by atoms with Crippen molar-refractivity contribution in [1.29, 1.82) is 0 Å². The molecule has 0 heterocycles. The minimum atomic E-state index is -5.15. The third-order valence-corrected chi connectivity index (χ3v) is 3.05. The van der Waals surface area contributed by atoms with Crippen LogP contribution >= 0.6 is 0 Å². The molecule has 0 aliphatic rings. The summed E-state index contributed by atoms with van der Waals surface area (Å²) in [5, 5.41) is 0.727. The average molecular weight is 336 g/mol. The summed E-state index contributed by atoms with van der Waals surface area (Å²) in [5.41, 5.74) is -0.669. The molecule has 0 bridgehead atoms. The van der Waals surface area contributed by atoms with Crippen LogP contribution in [0.1, 0.15) is 13.8 Å². The van der Waals surface area contributed by atoms with Crippen LogP contribution in [0.2, 0.25) is 0 Å². The van der Waals surface area contributed by atoms with E-state index in [0.29, 0.717) is 5.39 Å². The van der Waals surface area contributed by atoms with Gasteiger partial charge in [0.15, 0.2) is 0 Å². The van der Waals surface area contributed by atoms with Crippen LogP contribution in [0, 0.1) is 0 Å². The van der Waals surface area contributed by atoms with Gasteiger partial charge in [0.25, 0.3) is 0 Å². The van der Waals surface area contributed by atoms with Gasteiger partial charge in [0.1, 0.15) is 6.61 Å². The first kappa shape index (κ1) is 20.0. The molecule has 0 unspecified atom stereocenters. The van der Waals surface area contributed by atoms with Gasteiger partial charge in [-0.3, -0.25) is 0 Å². The number of halogens is 3. The van der Waals surface area contributed by atoms with Crippen molar-refractivity contribution in [2.45, 2.75) is 20.0 Å². The number of hydrogen-bond donors (Lipinski definition) is 0. The fourth-order valence-electron chi connectivity index (χ4n) is 2.17. The molecule has 0 N–H and O–H groups in total. The molecule has 7 heteroatoms. The Morgan fingerprint density at radius 2 is 1.68 bits per heavy atom. The summed E-state index contributed by atoms with van der Waals surface area (Å²) in [6.07, 6.45) is 0.0245. The van der Waals surface area contributed by atoms with Crippen LogP contribution in [-0.2, 0) is 4.74 Å². The fraction of sp³-hybridized carbons (Fsp3) is 0.333. The summed E-state index contributed by atoms with van der Waals surface area (Å²) in [4.78, 5) is 0. The third kappa shape index (κ3) is 5.25. The Kier molecular flexibility index (Phi) is 7.91. The van der Waals surface area contributed by atoms with Gasteiger partial charge >= 0.3 is 58.4 Å². The molecule has 0 saturated carbocycles. The summed E-state index contributed by atoms with van der Waals surface area (Å²) >= 11 is 0. The number of benzene rings is 2. The molecule has 114 valence electrons. The Labute approximate surface area is 170 Å². The van der Waals surface area contributed by atoms with Crippen molar-refractivity contribution < 1.29 is 73.8 Å². The van der Waals surface area contributed by atoms with Gasteiger partial charge < -0.3 is 22.4 Å². The van der Waals surface area contributed by atoms with Crippen molar-refractivity contribution in [1.82, 2.24) is 0 Å². The summed E-state index contributed by atoms with van der Waals surface area (Å²) in [6.45, 7) is -1.08. The summed E-state index contributed by atoms with van der Waals surface area (Å²) in [7, 11) is 0. The number of hydrogen-bond acceptors (Lipinski definition) is 2. The first-order valence-corrected chi connectivity index (χ1v) is 6.85. The van der Waals surface area contributed by atoms with E-state index in [9.17, 15) is 12.9 Å². The first-order valence-electron chi connectivity index (χ1n) is 6.85. The maximum Gasteiger partial charge on any atom is 1.00 e. The minimum absolute atomic E-state index is 0. The number of ether oxygens (including phenoxy) is 2. The topological polar surface area (TPSA) is 18.5 Å². The molecule has 22 heavy (non-hydrogen) atoms. The zero-order chi connectivity index (χ0) is 15.5. The smallest absolute Gasteiger partial charge is 0.494 e. The van der Waals surface area contributed by atoms with Gasteiger partial charge in [-0.25, -0.2) is 0 Å². The molecule has 2 rings (SSSR count). The summed E-state index contributed by atoms with van der Waals surface area (Å²) in [6, 6.07) is 9.46. The van der Waals surface area contributed by atoms with E-state index in [0.717, 1.165) is 0 Å². The molecule has 0 saturated heterocycles. The van der Waals surface area contributed by atoms with E-state index in [-0.39, 0.29) is 81.8 Å². The minimum Gasteiger partial charge on any atom is -0.494 e. The molecule has 0 aliphatic carbocycles. The Bertz CT molecular complexity index is 617. The normalized spacial score (nSPS) is 11.5. The predicted octanol–water partition coefficient (Wildman–Crippen LogP) is 0.702. The van der Waals surface area contributed by atoms with Gasteiger partial charge in [0.05, 0.1) is 18.5 Å². The molecule has 2 aromatic carbocycles. The Morgan fingerprint density at radius 1 is 1.00 bits per heavy atom. The molecule has 2 nitrogen and oxygen atoms in total. The maximum atomic E-state index is 13.4. The van der Waals surface area contributed by atoms with E-state index in [1.165, 1.54) is 12.1 Å². The number of rotatable bonds is 6.